The van der Waals surface area contributed by atoms with Gasteiger partial charge in [0.05, 0.1) is 17.4 Å². The van der Waals surface area contributed by atoms with Crippen LogP contribution in [0.15, 0.2) is 36.4 Å². The molecule has 2 saturated carbocycles. The van der Waals surface area contributed by atoms with E-state index in [1.807, 2.05) is 24.0 Å². The first-order chi connectivity index (χ1) is 18.3. The van der Waals surface area contributed by atoms with Gasteiger partial charge in [-0.25, -0.2) is 4.39 Å². The summed E-state index contributed by atoms with van der Waals surface area (Å²) in [6, 6.07) is 4.84. The number of rotatable bonds is 5. The number of hydrogen-bond acceptors (Lipinski definition) is 4. The largest absolute Gasteiger partial charge is 0.356 e. The summed E-state index contributed by atoms with van der Waals surface area (Å²) in [7, 11) is 0. The van der Waals surface area contributed by atoms with Gasteiger partial charge in [-0.15, -0.1) is 0 Å². The molecule has 8 heteroatoms. The highest BCUT2D eigenvalue weighted by atomic mass is 19.1. The fourth-order valence-corrected chi connectivity index (χ4v) is 7.78. The number of nitrogens with zero attached hydrogens (tertiary/aromatic N) is 1. The summed E-state index contributed by atoms with van der Waals surface area (Å²) >= 11 is 0. The van der Waals surface area contributed by atoms with Crippen LogP contribution in [-0.2, 0) is 19.1 Å². The van der Waals surface area contributed by atoms with E-state index < -0.39 is 34.9 Å². The van der Waals surface area contributed by atoms with E-state index in [9.17, 15) is 18.8 Å². The second kappa shape index (κ2) is 9.78. The average Bonchev–Trinajstić information content (AvgIpc) is 3.34. The van der Waals surface area contributed by atoms with Crippen molar-refractivity contribution in [3.05, 3.63) is 42.2 Å². The van der Waals surface area contributed by atoms with Gasteiger partial charge >= 0.3 is 0 Å². The molecule has 1 spiro atoms. The molecule has 0 aromatic heterocycles. The Morgan fingerprint density at radius 1 is 0.921 bits per heavy atom. The molecule has 2 aliphatic carbocycles. The van der Waals surface area contributed by atoms with E-state index >= 15 is 0 Å². The van der Waals surface area contributed by atoms with Crippen LogP contribution in [0.2, 0.25) is 0 Å². The van der Waals surface area contributed by atoms with Crippen LogP contribution in [0.4, 0.5) is 10.1 Å². The lowest BCUT2D eigenvalue weighted by molar-refractivity contribution is -0.147. The van der Waals surface area contributed by atoms with E-state index in [-0.39, 0.29) is 29.8 Å². The summed E-state index contributed by atoms with van der Waals surface area (Å²) in [4.78, 5) is 43.9. The molecule has 2 N–H and O–H groups in total. The van der Waals surface area contributed by atoms with Crippen molar-refractivity contribution in [1.82, 2.24) is 10.2 Å². The molecule has 3 aliphatic heterocycles. The van der Waals surface area contributed by atoms with Crippen molar-refractivity contribution >= 4 is 23.4 Å². The molecular weight excluding hydrogens is 485 g/mol. The van der Waals surface area contributed by atoms with Crippen molar-refractivity contribution in [2.75, 3.05) is 5.32 Å². The normalized spacial score (nSPS) is 35.3. The van der Waals surface area contributed by atoms with Crippen LogP contribution in [0.3, 0.4) is 0 Å². The summed E-state index contributed by atoms with van der Waals surface area (Å²) in [5.41, 5.74) is -1.73. The number of carbonyl (C=O) groups is 3. The van der Waals surface area contributed by atoms with Gasteiger partial charge in [0.2, 0.25) is 17.7 Å². The maximum absolute atomic E-state index is 14.3. The van der Waals surface area contributed by atoms with E-state index in [2.05, 4.69) is 10.6 Å². The lowest BCUT2D eigenvalue weighted by Gasteiger charge is -2.38. The summed E-state index contributed by atoms with van der Waals surface area (Å²) in [6.45, 7) is 1.82. The van der Waals surface area contributed by atoms with Crippen LogP contribution in [0.5, 0.6) is 0 Å². The van der Waals surface area contributed by atoms with Gasteiger partial charge in [0.25, 0.3) is 0 Å². The number of fused-ring (bicyclic) bond motifs is 1. The molecule has 0 radical (unpaired) electrons. The Morgan fingerprint density at radius 2 is 1.55 bits per heavy atom. The number of nitrogens with one attached hydrogen (secondary N) is 2. The van der Waals surface area contributed by atoms with Crippen molar-refractivity contribution in [1.29, 1.82) is 0 Å². The van der Waals surface area contributed by atoms with Crippen LogP contribution in [0.25, 0.3) is 0 Å². The molecule has 38 heavy (non-hydrogen) atoms. The van der Waals surface area contributed by atoms with Gasteiger partial charge < -0.3 is 20.3 Å². The Balaban J connectivity index is 1.35. The SMILES string of the molecule is C[C@@]12C=C[C@]3(O1)C(C(=O)NC1CCCCC1)N(C1CCCCCC1)C(=O)[C@@H]3C2C(=O)Nc1ccc(F)cc1. The molecule has 5 atom stereocenters. The second-order valence-electron chi connectivity index (χ2n) is 12.1. The Labute approximate surface area is 223 Å². The Hall–Kier alpha value is -2.74. The van der Waals surface area contributed by atoms with Crippen LogP contribution in [0.1, 0.15) is 77.6 Å². The summed E-state index contributed by atoms with van der Waals surface area (Å²) in [6.07, 6.45) is 15.0. The molecule has 2 saturated heterocycles. The van der Waals surface area contributed by atoms with E-state index in [4.69, 9.17) is 4.74 Å². The minimum Gasteiger partial charge on any atom is -0.356 e. The maximum atomic E-state index is 14.3. The van der Waals surface area contributed by atoms with Crippen molar-refractivity contribution in [3.8, 4) is 0 Å². The number of carbonyl (C=O) groups excluding carboxylic acids is 3. The van der Waals surface area contributed by atoms with Gasteiger partial charge in [-0.05, 0) is 56.9 Å². The number of anilines is 1. The first-order valence-corrected chi connectivity index (χ1v) is 14.4. The van der Waals surface area contributed by atoms with E-state index in [0.29, 0.717) is 5.69 Å². The third-order valence-electron chi connectivity index (χ3n) is 9.55. The molecule has 5 aliphatic rings. The van der Waals surface area contributed by atoms with Crippen LogP contribution >= 0.6 is 0 Å². The third-order valence-corrected chi connectivity index (χ3v) is 9.55. The molecule has 1 aromatic carbocycles. The number of ether oxygens (including phenoxy) is 1. The average molecular weight is 524 g/mol. The fraction of sp³-hybridized carbons (Fsp3) is 0.633. The van der Waals surface area contributed by atoms with Gasteiger partial charge in [0.15, 0.2) is 0 Å². The quantitative estimate of drug-likeness (QED) is 0.440. The zero-order valence-electron chi connectivity index (χ0n) is 22.1. The highest BCUT2D eigenvalue weighted by Gasteiger charge is 2.76. The van der Waals surface area contributed by atoms with Crippen LogP contribution in [0, 0.1) is 17.7 Å². The molecule has 1 aromatic rings. The summed E-state index contributed by atoms with van der Waals surface area (Å²) in [5.74, 6) is -2.65. The number of amides is 3. The minimum absolute atomic E-state index is 0.0447. The lowest BCUT2D eigenvalue weighted by Crippen LogP contribution is -2.58. The molecule has 2 bridgehead atoms. The van der Waals surface area contributed by atoms with Crippen LogP contribution in [-0.4, -0.2) is 51.9 Å². The Bertz CT molecular complexity index is 1120. The maximum Gasteiger partial charge on any atom is 0.246 e. The van der Waals surface area contributed by atoms with Gasteiger partial charge in [-0.3, -0.25) is 14.4 Å². The second-order valence-corrected chi connectivity index (χ2v) is 12.1. The number of likely N-dealkylation sites (tertiary alicyclic amines) is 1. The van der Waals surface area contributed by atoms with Crippen molar-refractivity contribution in [2.45, 2.75) is 107 Å². The van der Waals surface area contributed by atoms with Crippen molar-refractivity contribution < 1.29 is 23.5 Å². The van der Waals surface area contributed by atoms with Gasteiger partial charge in [0, 0.05) is 17.8 Å². The van der Waals surface area contributed by atoms with E-state index in [0.717, 1.165) is 64.2 Å². The number of benzene rings is 1. The molecule has 204 valence electrons. The van der Waals surface area contributed by atoms with Gasteiger partial charge in [-0.1, -0.05) is 57.1 Å². The predicted octanol–water partition coefficient (Wildman–Crippen LogP) is 4.48. The number of halogens is 1. The summed E-state index contributed by atoms with van der Waals surface area (Å²) in [5, 5.41) is 6.15. The molecule has 4 fully saturated rings. The standard InChI is InChI=1S/C30H38FN3O4/c1-29-17-18-30(38-29)24(23(29)26(35)32-21-15-13-19(31)14-16-21)28(37)34(22-11-7-2-3-8-12-22)25(30)27(36)33-20-9-5-4-6-10-20/h13-18,20,22-25H,2-12H2,1H3,(H,32,35)(H,33,36)/t23?,24-,25?,29-,30+/m0/s1. The van der Waals surface area contributed by atoms with Crippen molar-refractivity contribution in [3.63, 3.8) is 0 Å². The van der Waals surface area contributed by atoms with E-state index in [1.165, 1.54) is 30.7 Å². The molecular formula is C30H38FN3O4. The lowest BCUT2D eigenvalue weighted by atomic mass is 9.70. The fourth-order valence-electron chi connectivity index (χ4n) is 7.78. The first kappa shape index (κ1) is 25.5. The molecule has 3 amide bonds. The molecule has 7 nitrogen and oxygen atoms in total. The molecule has 6 rings (SSSR count). The minimum atomic E-state index is -1.18. The summed E-state index contributed by atoms with van der Waals surface area (Å²) < 4.78 is 20.1. The van der Waals surface area contributed by atoms with Gasteiger partial charge in [0.1, 0.15) is 17.5 Å². The Kier molecular flexibility index (Phi) is 6.57. The highest BCUT2D eigenvalue weighted by Crippen LogP contribution is 2.60. The third kappa shape index (κ3) is 4.16. The zero-order chi connectivity index (χ0) is 26.5. The monoisotopic (exact) mass is 523 g/mol. The topological polar surface area (TPSA) is 87.7 Å². The van der Waals surface area contributed by atoms with Gasteiger partial charge in [-0.2, -0.15) is 0 Å². The van der Waals surface area contributed by atoms with E-state index in [1.54, 1.807) is 0 Å². The first-order valence-electron chi connectivity index (χ1n) is 14.4. The smallest absolute Gasteiger partial charge is 0.246 e. The molecule has 3 heterocycles. The van der Waals surface area contributed by atoms with Crippen molar-refractivity contribution in [2.24, 2.45) is 11.8 Å². The number of hydrogen-bond donors (Lipinski definition) is 2. The predicted molar refractivity (Wildman–Crippen MR) is 141 cm³/mol. The zero-order valence-corrected chi connectivity index (χ0v) is 22.1. The van der Waals surface area contributed by atoms with Crippen LogP contribution < -0.4 is 10.6 Å². The molecule has 2 unspecified atom stereocenters. The Morgan fingerprint density at radius 3 is 2.24 bits per heavy atom. The highest BCUT2D eigenvalue weighted by molar-refractivity contribution is 6.03.